The van der Waals surface area contributed by atoms with Gasteiger partial charge in [0.1, 0.15) is 5.75 Å². The molecule has 4 rings (SSSR count). The highest BCUT2D eigenvalue weighted by atomic mass is 16.5. The Labute approximate surface area is 169 Å². The highest BCUT2D eigenvalue weighted by Crippen LogP contribution is 2.28. The van der Waals surface area contributed by atoms with Gasteiger partial charge in [-0.2, -0.15) is 4.98 Å². The molecule has 0 spiro atoms. The molecule has 29 heavy (non-hydrogen) atoms. The molecule has 3 aromatic rings. The molecule has 1 amide bonds. The van der Waals surface area contributed by atoms with E-state index in [1.165, 1.54) is 0 Å². The van der Waals surface area contributed by atoms with Crippen LogP contribution in [0.25, 0.3) is 17.5 Å². The fraction of sp³-hybridized carbons (Fsp3) is 0.261. The molecule has 0 N–H and O–H groups in total. The van der Waals surface area contributed by atoms with Gasteiger partial charge in [0.15, 0.2) is 0 Å². The Morgan fingerprint density at radius 3 is 2.90 bits per heavy atom. The van der Waals surface area contributed by atoms with E-state index >= 15 is 0 Å². The monoisotopic (exact) mass is 389 g/mol. The molecule has 1 aliphatic rings. The second-order valence-corrected chi connectivity index (χ2v) is 7.06. The molecule has 0 radical (unpaired) electrons. The van der Waals surface area contributed by atoms with Crippen molar-refractivity contribution in [2.24, 2.45) is 0 Å². The number of methoxy groups -OCH3 is 1. The Bertz CT molecular complexity index is 997. The van der Waals surface area contributed by atoms with E-state index in [-0.39, 0.29) is 11.8 Å². The summed E-state index contributed by atoms with van der Waals surface area (Å²) in [6.45, 7) is 1.32. The van der Waals surface area contributed by atoms with Crippen LogP contribution in [0.1, 0.15) is 30.2 Å². The van der Waals surface area contributed by atoms with Crippen molar-refractivity contribution in [2.45, 2.75) is 18.8 Å². The maximum atomic E-state index is 12.6. The van der Waals surface area contributed by atoms with Crippen LogP contribution in [0.4, 0.5) is 0 Å². The first-order chi connectivity index (χ1) is 14.2. The summed E-state index contributed by atoms with van der Waals surface area (Å²) in [6, 6.07) is 17.4. The van der Waals surface area contributed by atoms with Crippen molar-refractivity contribution in [1.29, 1.82) is 0 Å². The Morgan fingerprint density at radius 1 is 1.21 bits per heavy atom. The Morgan fingerprint density at radius 2 is 2.07 bits per heavy atom. The van der Waals surface area contributed by atoms with E-state index in [1.807, 2.05) is 65.6 Å². The zero-order chi connectivity index (χ0) is 20.1. The first-order valence-electron chi connectivity index (χ1n) is 9.73. The number of amides is 1. The van der Waals surface area contributed by atoms with Crippen molar-refractivity contribution in [3.05, 3.63) is 72.1 Å². The highest BCUT2D eigenvalue weighted by Gasteiger charge is 2.28. The number of nitrogens with zero attached hydrogens (tertiary/aromatic N) is 3. The summed E-state index contributed by atoms with van der Waals surface area (Å²) >= 11 is 0. The molecule has 2 heterocycles. The van der Waals surface area contributed by atoms with Gasteiger partial charge < -0.3 is 14.2 Å². The number of piperidine rings is 1. The number of ether oxygens (including phenoxy) is 1. The maximum Gasteiger partial charge on any atom is 0.246 e. The Balaban J connectivity index is 1.44. The number of likely N-dealkylation sites (tertiary alicyclic amines) is 1. The molecule has 1 unspecified atom stereocenters. The lowest BCUT2D eigenvalue weighted by molar-refractivity contribution is -0.127. The smallest absolute Gasteiger partial charge is 0.246 e. The van der Waals surface area contributed by atoms with Crippen molar-refractivity contribution in [2.75, 3.05) is 20.2 Å². The lowest BCUT2D eigenvalue weighted by Gasteiger charge is -2.30. The molecule has 1 aliphatic heterocycles. The minimum atomic E-state index is 0.00564. The van der Waals surface area contributed by atoms with Crippen LogP contribution in [0, 0.1) is 0 Å². The molecule has 0 saturated carbocycles. The van der Waals surface area contributed by atoms with Crippen LogP contribution >= 0.6 is 0 Å². The van der Waals surface area contributed by atoms with Crippen LogP contribution in [-0.2, 0) is 4.79 Å². The fourth-order valence-electron chi connectivity index (χ4n) is 3.50. The van der Waals surface area contributed by atoms with Crippen LogP contribution < -0.4 is 4.74 Å². The normalized spacial score (nSPS) is 16.9. The number of carbonyl (C=O) groups excluding carboxylic acids is 1. The highest BCUT2D eigenvalue weighted by molar-refractivity contribution is 5.91. The van der Waals surface area contributed by atoms with Crippen molar-refractivity contribution < 1.29 is 14.1 Å². The predicted molar refractivity (Wildman–Crippen MR) is 110 cm³/mol. The predicted octanol–water partition coefficient (Wildman–Crippen LogP) is 4.16. The summed E-state index contributed by atoms with van der Waals surface area (Å²) in [4.78, 5) is 19.0. The van der Waals surface area contributed by atoms with Crippen molar-refractivity contribution in [1.82, 2.24) is 15.0 Å². The summed E-state index contributed by atoms with van der Waals surface area (Å²) in [6.07, 6.45) is 5.31. The maximum absolute atomic E-state index is 12.6. The molecule has 1 fully saturated rings. The number of hydrogen-bond donors (Lipinski definition) is 0. The number of aromatic nitrogens is 2. The van der Waals surface area contributed by atoms with E-state index in [9.17, 15) is 4.79 Å². The van der Waals surface area contributed by atoms with E-state index < -0.39 is 0 Å². The molecular formula is C23H23N3O3. The molecular weight excluding hydrogens is 366 g/mol. The molecule has 1 saturated heterocycles. The van der Waals surface area contributed by atoms with Gasteiger partial charge >= 0.3 is 0 Å². The van der Waals surface area contributed by atoms with Gasteiger partial charge in [0.2, 0.25) is 17.6 Å². The van der Waals surface area contributed by atoms with Crippen LogP contribution in [-0.4, -0.2) is 41.1 Å². The van der Waals surface area contributed by atoms with E-state index in [2.05, 4.69) is 10.1 Å². The van der Waals surface area contributed by atoms with E-state index in [0.29, 0.717) is 18.3 Å². The third-order valence-electron chi connectivity index (χ3n) is 5.07. The summed E-state index contributed by atoms with van der Waals surface area (Å²) in [5.41, 5.74) is 1.85. The van der Waals surface area contributed by atoms with Gasteiger partial charge in [-0.1, -0.05) is 47.6 Å². The zero-order valence-corrected chi connectivity index (χ0v) is 16.3. The molecule has 0 aliphatic carbocycles. The molecule has 6 nitrogen and oxygen atoms in total. The fourth-order valence-corrected chi connectivity index (χ4v) is 3.50. The lowest BCUT2D eigenvalue weighted by Crippen LogP contribution is -2.38. The van der Waals surface area contributed by atoms with Crippen LogP contribution in [0.15, 0.2) is 65.2 Å². The van der Waals surface area contributed by atoms with Crippen molar-refractivity contribution in [3.8, 4) is 17.1 Å². The molecule has 2 aromatic carbocycles. The van der Waals surface area contributed by atoms with Gasteiger partial charge in [0.25, 0.3) is 0 Å². The minimum absolute atomic E-state index is 0.00564. The first-order valence-corrected chi connectivity index (χ1v) is 9.73. The summed E-state index contributed by atoms with van der Waals surface area (Å²) in [5.74, 6) is 1.91. The first kappa shape index (κ1) is 18.9. The number of hydrogen-bond acceptors (Lipinski definition) is 5. The van der Waals surface area contributed by atoms with Gasteiger partial charge in [-0.3, -0.25) is 4.79 Å². The lowest BCUT2D eigenvalue weighted by atomic mass is 9.98. The van der Waals surface area contributed by atoms with Gasteiger partial charge in [0, 0.05) is 24.7 Å². The summed E-state index contributed by atoms with van der Waals surface area (Å²) in [7, 11) is 1.63. The SMILES string of the molecule is COc1cccc(-c2noc(C3CCCN(C(=O)C=Cc4ccccc4)C3)n2)c1. The molecule has 0 bridgehead atoms. The van der Waals surface area contributed by atoms with Crippen molar-refractivity contribution in [3.63, 3.8) is 0 Å². The number of carbonyl (C=O) groups is 1. The molecule has 148 valence electrons. The van der Waals surface area contributed by atoms with Gasteiger partial charge in [0.05, 0.1) is 13.0 Å². The molecule has 1 aromatic heterocycles. The van der Waals surface area contributed by atoms with E-state index in [1.54, 1.807) is 13.2 Å². The van der Waals surface area contributed by atoms with Crippen LogP contribution in [0.3, 0.4) is 0 Å². The van der Waals surface area contributed by atoms with Gasteiger partial charge in [-0.15, -0.1) is 0 Å². The molecule has 6 heteroatoms. The van der Waals surface area contributed by atoms with Crippen LogP contribution in [0.5, 0.6) is 5.75 Å². The van der Waals surface area contributed by atoms with Crippen molar-refractivity contribution >= 4 is 12.0 Å². The number of benzene rings is 2. The van der Waals surface area contributed by atoms with Gasteiger partial charge in [-0.25, -0.2) is 0 Å². The van der Waals surface area contributed by atoms with E-state index in [4.69, 9.17) is 9.26 Å². The zero-order valence-electron chi connectivity index (χ0n) is 16.3. The third-order valence-corrected chi connectivity index (χ3v) is 5.07. The Kier molecular flexibility index (Phi) is 5.70. The second-order valence-electron chi connectivity index (χ2n) is 7.06. The topological polar surface area (TPSA) is 68.5 Å². The third kappa shape index (κ3) is 4.54. The Hall–Kier alpha value is -3.41. The second kappa shape index (κ2) is 8.73. The standard InChI is InChI=1S/C23H23N3O3/c1-28-20-11-5-9-18(15-20)22-24-23(29-25-22)19-10-6-14-26(16-19)21(27)13-12-17-7-3-2-4-8-17/h2-5,7-9,11-13,15,19H,6,10,14,16H2,1H3. The molecule has 1 atom stereocenters. The van der Waals surface area contributed by atoms with E-state index in [0.717, 1.165) is 36.3 Å². The minimum Gasteiger partial charge on any atom is -0.497 e. The van der Waals surface area contributed by atoms with Gasteiger partial charge in [-0.05, 0) is 36.6 Å². The quantitative estimate of drug-likeness (QED) is 0.613. The summed E-state index contributed by atoms with van der Waals surface area (Å²) in [5, 5.41) is 4.12. The average Bonchev–Trinajstić information content (AvgIpc) is 3.29. The number of rotatable bonds is 5. The van der Waals surface area contributed by atoms with Crippen LogP contribution in [0.2, 0.25) is 0 Å². The average molecular weight is 389 g/mol. The largest absolute Gasteiger partial charge is 0.497 e. The summed E-state index contributed by atoms with van der Waals surface area (Å²) < 4.78 is 10.8.